The van der Waals surface area contributed by atoms with Crippen LogP contribution in [0.3, 0.4) is 0 Å². The van der Waals surface area contributed by atoms with E-state index in [1.165, 1.54) is 25.9 Å². The second kappa shape index (κ2) is 6.23. The van der Waals surface area contributed by atoms with Gasteiger partial charge in [-0.25, -0.2) is 0 Å². The summed E-state index contributed by atoms with van der Waals surface area (Å²) in [6, 6.07) is 0.225. The lowest BCUT2D eigenvalue weighted by Crippen LogP contribution is -2.57. The molecule has 2 unspecified atom stereocenters. The van der Waals surface area contributed by atoms with Crippen molar-refractivity contribution in [3.05, 3.63) is 0 Å². The zero-order valence-electron chi connectivity index (χ0n) is 12.3. The molecule has 19 heavy (non-hydrogen) atoms. The molecule has 0 aromatic rings. The van der Waals surface area contributed by atoms with Gasteiger partial charge in [-0.05, 0) is 71.5 Å². The Kier molecular flexibility index (Phi) is 4.85. The number of carbonyl (C=O) groups is 1. The summed E-state index contributed by atoms with van der Waals surface area (Å²) in [5.74, 6) is -0.363. The molecule has 4 nitrogen and oxygen atoms in total. The molecule has 0 bridgehead atoms. The normalized spacial score (nSPS) is 32.3. The monoisotopic (exact) mass is 268 g/mol. The number of nitrogens with one attached hydrogen (secondary N) is 1. The molecule has 110 valence electrons. The molecule has 1 saturated heterocycles. The molecular weight excluding hydrogens is 240 g/mol. The summed E-state index contributed by atoms with van der Waals surface area (Å²) in [5, 5.41) is 13.1. The van der Waals surface area contributed by atoms with E-state index in [0.717, 1.165) is 32.2 Å². The number of nitrogens with zero attached hydrogens (tertiary/aromatic N) is 1. The molecule has 0 aromatic heterocycles. The van der Waals surface area contributed by atoms with Gasteiger partial charge in [-0.3, -0.25) is 10.1 Å². The highest BCUT2D eigenvalue weighted by atomic mass is 16.4. The van der Waals surface area contributed by atoms with Crippen LogP contribution in [0.4, 0.5) is 0 Å². The van der Waals surface area contributed by atoms with Crippen molar-refractivity contribution in [1.82, 2.24) is 10.2 Å². The van der Waals surface area contributed by atoms with Gasteiger partial charge in [-0.15, -0.1) is 0 Å². The molecule has 2 rings (SSSR count). The molecule has 4 heteroatoms. The summed E-state index contributed by atoms with van der Waals surface area (Å²) >= 11 is 0. The van der Waals surface area contributed by atoms with Crippen LogP contribution < -0.4 is 5.32 Å². The number of carboxylic acids is 1. The highest BCUT2D eigenvalue weighted by Crippen LogP contribution is 2.39. The van der Waals surface area contributed by atoms with E-state index in [-0.39, 0.29) is 12.0 Å². The lowest BCUT2D eigenvalue weighted by atomic mass is 9.84. The van der Waals surface area contributed by atoms with Gasteiger partial charge in [0.25, 0.3) is 0 Å². The SMILES string of the molecule is CC(C)NC1(C(=O)O)CCCC1CCN1CCCC1. The van der Waals surface area contributed by atoms with E-state index in [0.29, 0.717) is 0 Å². The van der Waals surface area contributed by atoms with Crippen molar-refractivity contribution in [2.75, 3.05) is 19.6 Å². The van der Waals surface area contributed by atoms with Crippen LogP contribution in [0.5, 0.6) is 0 Å². The molecule has 2 atom stereocenters. The first-order valence-electron chi connectivity index (χ1n) is 7.78. The van der Waals surface area contributed by atoms with Crippen molar-refractivity contribution < 1.29 is 9.90 Å². The molecule has 2 aliphatic rings. The van der Waals surface area contributed by atoms with E-state index in [1.807, 2.05) is 13.8 Å². The van der Waals surface area contributed by atoms with Gasteiger partial charge in [-0.1, -0.05) is 6.42 Å². The third-order valence-electron chi connectivity index (χ3n) is 4.74. The molecule has 0 amide bonds. The molecule has 0 spiro atoms. The third kappa shape index (κ3) is 3.29. The van der Waals surface area contributed by atoms with E-state index in [1.54, 1.807) is 0 Å². The molecule has 2 N–H and O–H groups in total. The van der Waals surface area contributed by atoms with Crippen LogP contribution in [0.25, 0.3) is 0 Å². The predicted molar refractivity (Wildman–Crippen MR) is 76.3 cm³/mol. The molecule has 0 aromatic carbocycles. The minimum Gasteiger partial charge on any atom is -0.480 e. The van der Waals surface area contributed by atoms with E-state index >= 15 is 0 Å². The third-order valence-corrected chi connectivity index (χ3v) is 4.74. The van der Waals surface area contributed by atoms with Crippen molar-refractivity contribution in [2.24, 2.45) is 5.92 Å². The first kappa shape index (κ1) is 14.8. The summed E-state index contributed by atoms with van der Waals surface area (Å²) in [4.78, 5) is 14.3. The topological polar surface area (TPSA) is 52.6 Å². The quantitative estimate of drug-likeness (QED) is 0.774. The van der Waals surface area contributed by atoms with Crippen molar-refractivity contribution >= 4 is 5.97 Å². The maximum absolute atomic E-state index is 11.8. The second-order valence-corrected chi connectivity index (χ2v) is 6.50. The average molecular weight is 268 g/mol. The van der Waals surface area contributed by atoms with Crippen LogP contribution in [-0.2, 0) is 4.79 Å². The molecule has 1 aliphatic heterocycles. The molecule has 1 aliphatic carbocycles. The van der Waals surface area contributed by atoms with E-state index in [9.17, 15) is 9.90 Å². The fourth-order valence-corrected chi connectivity index (χ4v) is 3.86. The number of likely N-dealkylation sites (tertiary alicyclic amines) is 1. The van der Waals surface area contributed by atoms with Crippen molar-refractivity contribution in [3.63, 3.8) is 0 Å². The van der Waals surface area contributed by atoms with Gasteiger partial charge in [0, 0.05) is 6.04 Å². The molecule has 2 fully saturated rings. The van der Waals surface area contributed by atoms with Gasteiger partial charge in [0.2, 0.25) is 0 Å². The minimum atomic E-state index is -0.673. The fourth-order valence-electron chi connectivity index (χ4n) is 3.86. The molecule has 1 heterocycles. The number of rotatable bonds is 6. The lowest BCUT2D eigenvalue weighted by Gasteiger charge is -2.35. The van der Waals surface area contributed by atoms with Gasteiger partial charge in [0.15, 0.2) is 0 Å². The van der Waals surface area contributed by atoms with E-state index in [2.05, 4.69) is 10.2 Å². The van der Waals surface area contributed by atoms with Gasteiger partial charge in [-0.2, -0.15) is 0 Å². The Hall–Kier alpha value is -0.610. The van der Waals surface area contributed by atoms with Crippen LogP contribution in [-0.4, -0.2) is 47.2 Å². The van der Waals surface area contributed by atoms with Crippen LogP contribution in [0, 0.1) is 5.92 Å². The number of aliphatic carboxylic acids is 1. The Bertz CT molecular complexity index is 313. The van der Waals surface area contributed by atoms with Gasteiger partial charge >= 0.3 is 5.97 Å². The second-order valence-electron chi connectivity index (χ2n) is 6.50. The first-order chi connectivity index (χ1) is 9.04. The highest BCUT2D eigenvalue weighted by molar-refractivity contribution is 5.79. The summed E-state index contributed by atoms with van der Waals surface area (Å²) in [7, 11) is 0. The van der Waals surface area contributed by atoms with Crippen molar-refractivity contribution in [3.8, 4) is 0 Å². The van der Waals surface area contributed by atoms with Crippen LogP contribution in [0.2, 0.25) is 0 Å². The highest BCUT2D eigenvalue weighted by Gasteiger charge is 2.49. The lowest BCUT2D eigenvalue weighted by molar-refractivity contribution is -0.147. The smallest absolute Gasteiger partial charge is 0.324 e. The Morgan fingerprint density at radius 1 is 1.37 bits per heavy atom. The summed E-state index contributed by atoms with van der Waals surface area (Å²) in [5.41, 5.74) is -0.673. The number of carboxylic acid groups (broad SMARTS) is 1. The van der Waals surface area contributed by atoms with Crippen molar-refractivity contribution in [2.45, 2.75) is 64.0 Å². The van der Waals surface area contributed by atoms with Gasteiger partial charge in [0.05, 0.1) is 0 Å². The predicted octanol–water partition coefficient (Wildman–Crippen LogP) is 2.09. The maximum atomic E-state index is 11.8. The molecule has 0 radical (unpaired) electrons. The Morgan fingerprint density at radius 3 is 2.63 bits per heavy atom. The van der Waals surface area contributed by atoms with Crippen LogP contribution in [0.15, 0.2) is 0 Å². The standard InChI is InChI=1S/C15H28N2O2/c1-12(2)16-15(14(18)19)8-5-6-13(15)7-11-17-9-3-4-10-17/h12-13,16H,3-11H2,1-2H3,(H,18,19). The van der Waals surface area contributed by atoms with Crippen LogP contribution >= 0.6 is 0 Å². The summed E-state index contributed by atoms with van der Waals surface area (Å²) in [6.45, 7) is 7.55. The van der Waals surface area contributed by atoms with Crippen LogP contribution in [0.1, 0.15) is 52.4 Å². The molecular formula is C15H28N2O2. The largest absolute Gasteiger partial charge is 0.480 e. The Morgan fingerprint density at radius 2 is 2.05 bits per heavy atom. The number of hydrogen-bond donors (Lipinski definition) is 2. The summed E-state index contributed by atoms with van der Waals surface area (Å²) in [6.07, 6.45) is 6.51. The summed E-state index contributed by atoms with van der Waals surface area (Å²) < 4.78 is 0. The minimum absolute atomic E-state index is 0.225. The average Bonchev–Trinajstić information content (AvgIpc) is 2.95. The van der Waals surface area contributed by atoms with Crippen molar-refractivity contribution in [1.29, 1.82) is 0 Å². The zero-order chi connectivity index (χ0) is 13.9. The van der Waals surface area contributed by atoms with E-state index in [4.69, 9.17) is 0 Å². The first-order valence-corrected chi connectivity index (χ1v) is 7.78. The van der Waals surface area contributed by atoms with E-state index < -0.39 is 11.5 Å². The number of hydrogen-bond acceptors (Lipinski definition) is 3. The van der Waals surface area contributed by atoms with Gasteiger partial charge in [0.1, 0.15) is 5.54 Å². The molecule has 1 saturated carbocycles. The van der Waals surface area contributed by atoms with Gasteiger partial charge < -0.3 is 10.0 Å². The zero-order valence-corrected chi connectivity index (χ0v) is 12.3. The maximum Gasteiger partial charge on any atom is 0.324 e. The Balaban J connectivity index is 1.97. The Labute approximate surface area is 116 Å². The fraction of sp³-hybridized carbons (Fsp3) is 0.933.